The number of rotatable bonds is 3. The number of nitrogens with two attached hydrogens (primary N) is 1. The van der Waals surface area contributed by atoms with Crippen molar-refractivity contribution in [3.63, 3.8) is 0 Å². The predicted molar refractivity (Wildman–Crippen MR) is 39.4 cm³/mol. The van der Waals surface area contributed by atoms with E-state index in [4.69, 9.17) is 5.73 Å². The molecule has 10 heavy (non-hydrogen) atoms. The Morgan fingerprint density at radius 1 is 1.70 bits per heavy atom. The van der Waals surface area contributed by atoms with E-state index in [-0.39, 0.29) is 12.5 Å². The van der Waals surface area contributed by atoms with Crippen LogP contribution >= 0.6 is 0 Å². The molecule has 0 spiro atoms. The average molecular weight is 142 g/mol. The molecule has 0 aromatic carbocycles. The van der Waals surface area contributed by atoms with Crippen LogP contribution in [0, 0.1) is 5.92 Å². The van der Waals surface area contributed by atoms with Gasteiger partial charge in [-0.05, 0) is 18.8 Å². The van der Waals surface area contributed by atoms with Crippen LogP contribution in [0.1, 0.15) is 12.8 Å². The van der Waals surface area contributed by atoms with E-state index in [1.165, 1.54) is 12.8 Å². The van der Waals surface area contributed by atoms with Crippen LogP contribution in [0.25, 0.3) is 0 Å². The van der Waals surface area contributed by atoms with Crippen molar-refractivity contribution < 1.29 is 4.79 Å². The molecule has 58 valence electrons. The van der Waals surface area contributed by atoms with E-state index in [1.54, 1.807) is 4.90 Å². The van der Waals surface area contributed by atoms with Gasteiger partial charge in [0.25, 0.3) is 0 Å². The minimum Gasteiger partial charge on any atom is -0.344 e. The number of likely N-dealkylation sites (N-methyl/N-ethyl adjacent to an activating group) is 1. The van der Waals surface area contributed by atoms with Crippen molar-refractivity contribution in [1.29, 1.82) is 0 Å². The first kappa shape index (κ1) is 7.54. The third-order valence-electron chi connectivity index (χ3n) is 1.83. The summed E-state index contributed by atoms with van der Waals surface area (Å²) < 4.78 is 0. The Kier molecular flexibility index (Phi) is 2.27. The minimum atomic E-state index is 0.0481. The van der Waals surface area contributed by atoms with Crippen LogP contribution in [0.4, 0.5) is 0 Å². The van der Waals surface area contributed by atoms with Gasteiger partial charge in [-0.2, -0.15) is 0 Å². The van der Waals surface area contributed by atoms with Gasteiger partial charge < -0.3 is 10.6 Å². The first-order valence-electron chi connectivity index (χ1n) is 3.68. The fourth-order valence-corrected chi connectivity index (χ4v) is 0.945. The smallest absolute Gasteiger partial charge is 0.236 e. The molecule has 0 aromatic rings. The van der Waals surface area contributed by atoms with E-state index in [1.807, 2.05) is 7.05 Å². The van der Waals surface area contributed by atoms with Crippen LogP contribution in [0.5, 0.6) is 0 Å². The number of amides is 1. The molecule has 0 saturated heterocycles. The summed E-state index contributed by atoms with van der Waals surface area (Å²) in [6.45, 7) is 1.04. The molecule has 1 saturated carbocycles. The van der Waals surface area contributed by atoms with Crippen molar-refractivity contribution in [2.24, 2.45) is 11.7 Å². The van der Waals surface area contributed by atoms with Gasteiger partial charge in [0.05, 0.1) is 6.54 Å². The van der Waals surface area contributed by atoms with Crippen LogP contribution in [0.3, 0.4) is 0 Å². The molecule has 0 unspecified atom stereocenters. The topological polar surface area (TPSA) is 46.3 Å². The summed E-state index contributed by atoms with van der Waals surface area (Å²) in [4.78, 5) is 12.6. The van der Waals surface area contributed by atoms with Crippen LogP contribution in [-0.4, -0.2) is 30.9 Å². The zero-order valence-electron chi connectivity index (χ0n) is 6.34. The normalized spacial score (nSPS) is 17.0. The standard InChI is InChI=1S/C7H14N2O/c1-9(7(10)4-8)5-6-2-3-6/h6H,2-5,8H2,1H3. The summed E-state index contributed by atoms with van der Waals surface area (Å²) >= 11 is 0. The van der Waals surface area contributed by atoms with Gasteiger partial charge in [0, 0.05) is 13.6 Å². The van der Waals surface area contributed by atoms with Crippen LogP contribution < -0.4 is 5.73 Å². The Morgan fingerprint density at radius 2 is 2.30 bits per heavy atom. The van der Waals surface area contributed by atoms with E-state index >= 15 is 0 Å². The van der Waals surface area contributed by atoms with Crippen molar-refractivity contribution in [1.82, 2.24) is 4.90 Å². The summed E-state index contributed by atoms with van der Waals surface area (Å²) in [6, 6.07) is 0. The lowest BCUT2D eigenvalue weighted by molar-refractivity contribution is -0.128. The Hall–Kier alpha value is -0.570. The molecule has 0 atom stereocenters. The molecule has 1 amide bonds. The molecule has 0 bridgehead atoms. The van der Waals surface area contributed by atoms with Gasteiger partial charge >= 0.3 is 0 Å². The fraction of sp³-hybridized carbons (Fsp3) is 0.857. The lowest BCUT2D eigenvalue weighted by Gasteiger charge is -2.14. The molecule has 0 radical (unpaired) electrons. The second-order valence-electron chi connectivity index (χ2n) is 2.92. The molecule has 2 N–H and O–H groups in total. The van der Waals surface area contributed by atoms with Crippen molar-refractivity contribution in [2.75, 3.05) is 20.1 Å². The highest BCUT2D eigenvalue weighted by Gasteiger charge is 2.24. The van der Waals surface area contributed by atoms with Gasteiger partial charge in [0.1, 0.15) is 0 Å². The number of hydrogen-bond donors (Lipinski definition) is 1. The van der Waals surface area contributed by atoms with Gasteiger partial charge in [0.15, 0.2) is 0 Å². The van der Waals surface area contributed by atoms with Crippen LogP contribution in [-0.2, 0) is 4.79 Å². The number of carbonyl (C=O) groups excluding carboxylic acids is 1. The zero-order valence-corrected chi connectivity index (χ0v) is 6.34. The minimum absolute atomic E-state index is 0.0481. The molecule has 1 aliphatic carbocycles. The van der Waals surface area contributed by atoms with Gasteiger partial charge in [-0.3, -0.25) is 4.79 Å². The Labute approximate surface area is 61.2 Å². The van der Waals surface area contributed by atoms with Gasteiger partial charge in [0.2, 0.25) is 5.91 Å². The maximum Gasteiger partial charge on any atom is 0.236 e. The van der Waals surface area contributed by atoms with Crippen molar-refractivity contribution in [2.45, 2.75) is 12.8 Å². The maximum atomic E-state index is 10.9. The van der Waals surface area contributed by atoms with E-state index in [0.717, 1.165) is 12.5 Å². The molecular weight excluding hydrogens is 128 g/mol. The molecule has 3 heteroatoms. The van der Waals surface area contributed by atoms with Gasteiger partial charge in [-0.1, -0.05) is 0 Å². The second-order valence-corrected chi connectivity index (χ2v) is 2.92. The highest BCUT2D eigenvalue weighted by atomic mass is 16.2. The third kappa shape index (κ3) is 1.99. The van der Waals surface area contributed by atoms with Gasteiger partial charge in [-0.15, -0.1) is 0 Å². The molecule has 0 heterocycles. The lowest BCUT2D eigenvalue weighted by Crippen LogP contribution is -2.33. The number of nitrogens with zero attached hydrogens (tertiary/aromatic N) is 1. The maximum absolute atomic E-state index is 10.9. The van der Waals surface area contributed by atoms with E-state index < -0.39 is 0 Å². The van der Waals surface area contributed by atoms with Crippen molar-refractivity contribution in [3.05, 3.63) is 0 Å². The number of carbonyl (C=O) groups is 1. The third-order valence-corrected chi connectivity index (χ3v) is 1.83. The Morgan fingerprint density at radius 3 is 2.70 bits per heavy atom. The number of hydrogen-bond acceptors (Lipinski definition) is 2. The summed E-state index contributed by atoms with van der Waals surface area (Å²) in [5.41, 5.74) is 5.18. The second kappa shape index (κ2) is 3.01. The van der Waals surface area contributed by atoms with Crippen molar-refractivity contribution >= 4 is 5.91 Å². The van der Waals surface area contributed by atoms with E-state index in [0.29, 0.717) is 0 Å². The summed E-state index contributed by atoms with van der Waals surface area (Å²) in [7, 11) is 1.81. The van der Waals surface area contributed by atoms with Crippen molar-refractivity contribution in [3.8, 4) is 0 Å². The highest BCUT2D eigenvalue weighted by molar-refractivity contribution is 5.77. The predicted octanol–water partition coefficient (Wildman–Crippen LogP) is -0.186. The largest absolute Gasteiger partial charge is 0.344 e. The zero-order chi connectivity index (χ0) is 7.56. The summed E-state index contributed by atoms with van der Waals surface area (Å²) in [5, 5.41) is 0. The quantitative estimate of drug-likeness (QED) is 0.594. The fourth-order valence-electron chi connectivity index (χ4n) is 0.945. The average Bonchev–Trinajstić information content (AvgIpc) is 2.70. The molecule has 0 aliphatic heterocycles. The highest BCUT2D eigenvalue weighted by Crippen LogP contribution is 2.29. The van der Waals surface area contributed by atoms with Gasteiger partial charge in [-0.25, -0.2) is 0 Å². The van der Waals surface area contributed by atoms with E-state index in [9.17, 15) is 4.79 Å². The summed E-state index contributed by atoms with van der Waals surface area (Å²) in [6.07, 6.45) is 2.56. The molecule has 0 aromatic heterocycles. The molecule has 1 fully saturated rings. The van der Waals surface area contributed by atoms with E-state index in [2.05, 4.69) is 0 Å². The first-order valence-corrected chi connectivity index (χ1v) is 3.68. The Bertz CT molecular complexity index is 132. The molecule has 1 aliphatic rings. The van der Waals surface area contributed by atoms with Crippen LogP contribution in [0.15, 0.2) is 0 Å². The first-order chi connectivity index (χ1) is 4.74. The van der Waals surface area contributed by atoms with Crippen LogP contribution in [0.2, 0.25) is 0 Å². The Balaban J connectivity index is 2.18. The molecule has 1 rings (SSSR count). The summed E-state index contributed by atoms with van der Waals surface area (Å²) in [5.74, 6) is 0.812. The molecule has 3 nitrogen and oxygen atoms in total. The molecular formula is C7H14N2O. The monoisotopic (exact) mass is 142 g/mol. The lowest BCUT2D eigenvalue weighted by atomic mass is 10.4. The SMILES string of the molecule is CN(CC1CC1)C(=O)CN.